The van der Waals surface area contributed by atoms with E-state index in [0.717, 1.165) is 29.0 Å². The van der Waals surface area contributed by atoms with E-state index in [2.05, 4.69) is 20.6 Å². The summed E-state index contributed by atoms with van der Waals surface area (Å²) >= 11 is 0. The lowest BCUT2D eigenvalue weighted by Crippen LogP contribution is -2.27. The van der Waals surface area contributed by atoms with Crippen LogP contribution in [-0.2, 0) is 22.2 Å². The number of anilines is 1. The summed E-state index contributed by atoms with van der Waals surface area (Å²) in [5.41, 5.74) is 0.953. The highest BCUT2D eigenvalue weighted by Crippen LogP contribution is 2.30. The predicted octanol–water partition coefficient (Wildman–Crippen LogP) is 3.66. The van der Waals surface area contributed by atoms with Gasteiger partial charge < -0.3 is 15.6 Å². The van der Waals surface area contributed by atoms with Gasteiger partial charge >= 0.3 is 6.18 Å². The second-order valence-electron chi connectivity index (χ2n) is 6.43. The molecule has 0 atom stereocenters. The molecule has 2 amide bonds. The van der Waals surface area contributed by atoms with Crippen LogP contribution in [0.2, 0.25) is 0 Å². The van der Waals surface area contributed by atoms with Crippen molar-refractivity contribution in [3.63, 3.8) is 0 Å². The number of alkyl halides is 3. The lowest BCUT2D eigenvalue weighted by molar-refractivity contribution is -0.137. The van der Waals surface area contributed by atoms with Gasteiger partial charge in [-0.3, -0.25) is 9.59 Å². The minimum atomic E-state index is -4.49. The predicted molar refractivity (Wildman–Crippen MR) is 102 cm³/mol. The van der Waals surface area contributed by atoms with Crippen LogP contribution in [0.5, 0.6) is 0 Å². The summed E-state index contributed by atoms with van der Waals surface area (Å²) in [6, 6.07) is 11.9. The highest BCUT2D eigenvalue weighted by atomic mass is 19.4. The minimum Gasteiger partial charge on any atom is -0.356 e. The van der Waals surface area contributed by atoms with E-state index in [4.69, 9.17) is 0 Å². The molecule has 2 aromatic carbocycles. The number of para-hydroxylation sites is 2. The molecule has 0 spiro atoms. The smallest absolute Gasteiger partial charge is 0.356 e. The average molecular weight is 404 g/mol. The maximum atomic E-state index is 12.7. The number of aromatic amines is 1. The molecule has 1 heterocycles. The number of amides is 2. The molecule has 9 heteroatoms. The number of imidazole rings is 1. The number of carbonyl (C=O) groups excluding carboxylic acids is 2. The third-order valence-corrected chi connectivity index (χ3v) is 4.18. The summed E-state index contributed by atoms with van der Waals surface area (Å²) in [5, 5.41) is 5.07. The Balaban J connectivity index is 1.40. The molecule has 0 saturated carbocycles. The molecular formula is C20H19F3N4O2. The van der Waals surface area contributed by atoms with Crippen molar-refractivity contribution in [1.29, 1.82) is 0 Å². The monoisotopic (exact) mass is 404 g/mol. The fourth-order valence-electron chi connectivity index (χ4n) is 2.76. The fourth-order valence-corrected chi connectivity index (χ4v) is 2.76. The fraction of sp³-hybridized carbons (Fsp3) is 0.250. The minimum absolute atomic E-state index is 0.0371. The van der Waals surface area contributed by atoms with Crippen LogP contribution in [0.25, 0.3) is 11.0 Å². The number of H-pyrrole nitrogens is 1. The average Bonchev–Trinajstić information content (AvgIpc) is 3.09. The summed E-state index contributed by atoms with van der Waals surface area (Å²) in [6.45, 7) is 0.355. The first-order valence-electron chi connectivity index (χ1n) is 8.99. The van der Waals surface area contributed by atoms with E-state index < -0.39 is 17.6 Å². The summed E-state index contributed by atoms with van der Waals surface area (Å²) in [5.74, 6) is -0.106. The second-order valence-corrected chi connectivity index (χ2v) is 6.43. The van der Waals surface area contributed by atoms with Crippen molar-refractivity contribution in [1.82, 2.24) is 15.3 Å². The van der Waals surface area contributed by atoms with Crippen molar-refractivity contribution in [2.45, 2.75) is 25.4 Å². The van der Waals surface area contributed by atoms with Crippen molar-refractivity contribution in [3.05, 3.63) is 59.9 Å². The van der Waals surface area contributed by atoms with Gasteiger partial charge in [-0.1, -0.05) is 18.2 Å². The van der Waals surface area contributed by atoms with Gasteiger partial charge in [0.15, 0.2) is 0 Å². The van der Waals surface area contributed by atoms with E-state index in [1.54, 1.807) is 0 Å². The summed E-state index contributed by atoms with van der Waals surface area (Å²) < 4.78 is 38.1. The largest absolute Gasteiger partial charge is 0.416 e. The molecule has 0 aliphatic heterocycles. The summed E-state index contributed by atoms with van der Waals surface area (Å²) in [6.07, 6.45) is -4.17. The molecule has 0 saturated heterocycles. The first-order valence-corrected chi connectivity index (χ1v) is 8.99. The Kier molecular flexibility index (Phi) is 6.16. The molecule has 29 heavy (non-hydrogen) atoms. The molecule has 0 radical (unpaired) electrons. The third-order valence-electron chi connectivity index (χ3n) is 4.18. The number of fused-ring (bicyclic) bond motifs is 1. The van der Waals surface area contributed by atoms with Gasteiger partial charge in [-0.15, -0.1) is 0 Å². The van der Waals surface area contributed by atoms with Gasteiger partial charge in [0.1, 0.15) is 5.82 Å². The van der Waals surface area contributed by atoms with E-state index in [-0.39, 0.29) is 24.4 Å². The normalized spacial score (nSPS) is 11.4. The quantitative estimate of drug-likeness (QED) is 0.562. The number of benzene rings is 2. The van der Waals surface area contributed by atoms with Crippen LogP contribution < -0.4 is 10.6 Å². The number of nitrogens with zero attached hydrogens (tertiary/aromatic N) is 1. The molecule has 0 unspecified atom stereocenters. The molecule has 6 nitrogen and oxygen atoms in total. The van der Waals surface area contributed by atoms with Gasteiger partial charge in [0.05, 0.1) is 16.6 Å². The highest BCUT2D eigenvalue weighted by Gasteiger charge is 2.30. The highest BCUT2D eigenvalue weighted by molar-refractivity contribution is 5.93. The van der Waals surface area contributed by atoms with Crippen LogP contribution in [0, 0.1) is 0 Å². The van der Waals surface area contributed by atoms with E-state index >= 15 is 0 Å². The summed E-state index contributed by atoms with van der Waals surface area (Å²) in [4.78, 5) is 31.3. The molecule has 0 bridgehead atoms. The Bertz CT molecular complexity index is 981. The third kappa shape index (κ3) is 5.81. The number of hydrogen-bond donors (Lipinski definition) is 3. The lowest BCUT2D eigenvalue weighted by Gasteiger charge is -2.10. The van der Waals surface area contributed by atoms with Gasteiger partial charge in [-0.2, -0.15) is 13.2 Å². The van der Waals surface area contributed by atoms with Gasteiger partial charge in [-0.05, 0) is 30.3 Å². The zero-order valence-electron chi connectivity index (χ0n) is 15.3. The van der Waals surface area contributed by atoms with Crippen LogP contribution in [0.15, 0.2) is 48.5 Å². The van der Waals surface area contributed by atoms with Crippen molar-refractivity contribution in [2.24, 2.45) is 0 Å². The first kappa shape index (κ1) is 20.4. The van der Waals surface area contributed by atoms with Crippen molar-refractivity contribution in [2.75, 3.05) is 11.9 Å². The molecule has 0 fully saturated rings. The molecule has 0 aliphatic carbocycles. The molecule has 1 aromatic heterocycles. The Morgan fingerprint density at radius 2 is 1.76 bits per heavy atom. The Hall–Kier alpha value is -3.36. The van der Waals surface area contributed by atoms with Gasteiger partial charge in [0.2, 0.25) is 11.8 Å². The van der Waals surface area contributed by atoms with Crippen molar-refractivity contribution < 1.29 is 22.8 Å². The second kappa shape index (κ2) is 8.76. The number of rotatable bonds is 7. The molecular weight excluding hydrogens is 385 g/mol. The SMILES string of the molecule is O=C(CCC(=O)Nc1cccc(C(F)(F)F)c1)NCCc1nc2ccccc2[nH]1. The lowest BCUT2D eigenvalue weighted by atomic mass is 10.2. The molecule has 3 aromatic rings. The van der Waals surface area contributed by atoms with Crippen LogP contribution in [0.4, 0.5) is 18.9 Å². The molecule has 0 aliphatic rings. The molecule has 3 rings (SSSR count). The maximum Gasteiger partial charge on any atom is 0.416 e. The van der Waals surface area contributed by atoms with Gasteiger partial charge in [0, 0.05) is 31.5 Å². The number of aromatic nitrogens is 2. The Morgan fingerprint density at radius 1 is 1.00 bits per heavy atom. The van der Waals surface area contributed by atoms with Gasteiger partial charge in [-0.25, -0.2) is 4.98 Å². The zero-order chi connectivity index (χ0) is 20.9. The van der Waals surface area contributed by atoms with Crippen molar-refractivity contribution >= 4 is 28.5 Å². The van der Waals surface area contributed by atoms with E-state index in [1.807, 2.05) is 24.3 Å². The van der Waals surface area contributed by atoms with Gasteiger partial charge in [0.25, 0.3) is 0 Å². The van der Waals surface area contributed by atoms with E-state index in [0.29, 0.717) is 13.0 Å². The van der Waals surface area contributed by atoms with E-state index in [9.17, 15) is 22.8 Å². The number of halogens is 3. The first-order chi connectivity index (χ1) is 13.8. The van der Waals surface area contributed by atoms with Crippen LogP contribution in [0.1, 0.15) is 24.2 Å². The summed E-state index contributed by atoms with van der Waals surface area (Å²) in [7, 11) is 0. The standard InChI is InChI=1S/C20H19F3N4O2/c21-20(22,23)13-4-3-5-14(12-13)25-19(29)9-8-18(28)24-11-10-17-26-15-6-1-2-7-16(15)27-17/h1-7,12H,8-11H2,(H,24,28)(H,25,29)(H,26,27). The van der Waals surface area contributed by atoms with Crippen LogP contribution >= 0.6 is 0 Å². The Labute approximate surface area is 164 Å². The number of carbonyl (C=O) groups is 2. The number of nitrogens with one attached hydrogen (secondary N) is 3. The number of hydrogen-bond acceptors (Lipinski definition) is 3. The Morgan fingerprint density at radius 3 is 2.52 bits per heavy atom. The molecule has 152 valence electrons. The topological polar surface area (TPSA) is 86.9 Å². The molecule has 3 N–H and O–H groups in total. The van der Waals surface area contributed by atoms with E-state index in [1.165, 1.54) is 12.1 Å². The van der Waals surface area contributed by atoms with Crippen LogP contribution in [0.3, 0.4) is 0 Å². The van der Waals surface area contributed by atoms with Crippen molar-refractivity contribution in [3.8, 4) is 0 Å². The maximum absolute atomic E-state index is 12.7. The zero-order valence-corrected chi connectivity index (χ0v) is 15.3. The van der Waals surface area contributed by atoms with Crippen LogP contribution in [-0.4, -0.2) is 28.3 Å².